The molecule has 0 saturated carbocycles. The molecule has 2 aromatic rings. The zero-order valence-electron chi connectivity index (χ0n) is 9.23. The maximum atomic E-state index is 5.51. The molecule has 0 fully saturated rings. The number of anilines is 1. The first-order valence-electron chi connectivity index (χ1n) is 5.29. The van der Waals surface area contributed by atoms with Gasteiger partial charge in [-0.15, -0.1) is 0 Å². The molecular weight excluding hydrogens is 202 g/mol. The summed E-state index contributed by atoms with van der Waals surface area (Å²) < 4.78 is 5.38. The van der Waals surface area contributed by atoms with Gasteiger partial charge in [0, 0.05) is 12.1 Å². The average molecular weight is 217 g/mol. The van der Waals surface area contributed by atoms with Crippen molar-refractivity contribution >= 4 is 5.95 Å². The van der Waals surface area contributed by atoms with Crippen LogP contribution in [-0.4, -0.2) is 16.6 Å². The highest BCUT2D eigenvalue weighted by Crippen LogP contribution is 2.14. The Bertz CT molecular complexity index is 448. The minimum absolute atomic E-state index is 0.459. The van der Waals surface area contributed by atoms with Gasteiger partial charge >= 0.3 is 0 Å². The van der Waals surface area contributed by atoms with Crippen LogP contribution in [0.4, 0.5) is 5.95 Å². The zero-order chi connectivity index (χ0) is 11.4. The van der Waals surface area contributed by atoms with E-state index >= 15 is 0 Å². The number of benzene rings is 1. The fourth-order valence-electron chi connectivity index (χ4n) is 1.56. The lowest BCUT2D eigenvalue weighted by molar-refractivity contribution is 0.340. The molecule has 1 aromatic carbocycles. The van der Waals surface area contributed by atoms with E-state index in [1.54, 1.807) is 6.20 Å². The van der Waals surface area contributed by atoms with Gasteiger partial charge in [-0.3, -0.25) is 0 Å². The number of imidazole rings is 1. The van der Waals surface area contributed by atoms with Gasteiger partial charge in [-0.1, -0.05) is 12.1 Å². The Labute approximate surface area is 94.5 Å². The lowest BCUT2D eigenvalue weighted by atomic mass is 10.1. The number of hydrogen-bond acceptors (Lipinski definition) is 3. The number of hydrogen-bond donors (Lipinski definition) is 2. The Morgan fingerprint density at radius 3 is 2.62 bits per heavy atom. The smallest absolute Gasteiger partial charge is 0.197 e. The second kappa shape index (κ2) is 4.70. The first kappa shape index (κ1) is 10.5. The number of nitrogens with one attached hydrogen (secondary N) is 1. The molecule has 1 aromatic heterocycles. The van der Waals surface area contributed by atoms with E-state index < -0.39 is 0 Å². The number of nitrogen functional groups attached to an aromatic ring is 1. The molecule has 1 heterocycles. The summed E-state index contributed by atoms with van der Waals surface area (Å²) in [5.74, 6) is 1.36. The third-order valence-electron chi connectivity index (χ3n) is 2.28. The highest BCUT2D eigenvalue weighted by atomic mass is 16.5. The van der Waals surface area contributed by atoms with E-state index in [1.165, 1.54) is 5.56 Å². The van der Waals surface area contributed by atoms with Crippen LogP contribution in [0.15, 0.2) is 30.5 Å². The molecule has 0 bridgehead atoms. The number of ether oxygens (including phenoxy) is 1. The third kappa shape index (κ3) is 2.53. The highest BCUT2D eigenvalue weighted by molar-refractivity contribution is 5.30. The minimum Gasteiger partial charge on any atom is -0.494 e. The Hall–Kier alpha value is -1.97. The van der Waals surface area contributed by atoms with E-state index in [2.05, 4.69) is 9.97 Å². The normalized spacial score (nSPS) is 10.3. The van der Waals surface area contributed by atoms with Crippen LogP contribution in [0.1, 0.15) is 18.2 Å². The SMILES string of the molecule is CCOc1ccc(Cc2cnc(N)[nH]2)cc1. The van der Waals surface area contributed by atoms with Gasteiger partial charge in [-0.25, -0.2) is 4.98 Å². The predicted molar refractivity (Wildman–Crippen MR) is 63.4 cm³/mol. The summed E-state index contributed by atoms with van der Waals surface area (Å²) in [7, 11) is 0. The van der Waals surface area contributed by atoms with Crippen LogP contribution >= 0.6 is 0 Å². The Morgan fingerprint density at radius 1 is 1.31 bits per heavy atom. The number of nitrogens with zero attached hydrogens (tertiary/aromatic N) is 1. The van der Waals surface area contributed by atoms with Crippen molar-refractivity contribution in [1.29, 1.82) is 0 Å². The van der Waals surface area contributed by atoms with E-state index in [0.29, 0.717) is 12.6 Å². The topological polar surface area (TPSA) is 63.9 Å². The molecular formula is C12H15N3O. The summed E-state index contributed by atoms with van der Waals surface area (Å²) in [5, 5.41) is 0. The van der Waals surface area contributed by atoms with E-state index in [-0.39, 0.29) is 0 Å². The molecule has 0 radical (unpaired) electrons. The van der Waals surface area contributed by atoms with Crippen molar-refractivity contribution in [2.24, 2.45) is 0 Å². The Balaban J connectivity index is 2.05. The second-order valence-corrected chi connectivity index (χ2v) is 3.55. The number of rotatable bonds is 4. The zero-order valence-corrected chi connectivity index (χ0v) is 9.23. The molecule has 16 heavy (non-hydrogen) atoms. The van der Waals surface area contributed by atoms with Crippen molar-refractivity contribution in [1.82, 2.24) is 9.97 Å². The fourth-order valence-corrected chi connectivity index (χ4v) is 1.56. The molecule has 84 valence electrons. The quantitative estimate of drug-likeness (QED) is 0.823. The number of aromatic amines is 1. The highest BCUT2D eigenvalue weighted by Gasteiger charge is 2.00. The van der Waals surface area contributed by atoms with Gasteiger partial charge in [-0.05, 0) is 24.6 Å². The molecule has 0 aliphatic heterocycles. The van der Waals surface area contributed by atoms with Crippen molar-refractivity contribution in [2.75, 3.05) is 12.3 Å². The van der Waals surface area contributed by atoms with Crippen LogP contribution in [0.2, 0.25) is 0 Å². The Morgan fingerprint density at radius 2 is 2.06 bits per heavy atom. The minimum atomic E-state index is 0.459. The van der Waals surface area contributed by atoms with Crippen LogP contribution in [0.25, 0.3) is 0 Å². The summed E-state index contributed by atoms with van der Waals surface area (Å²) in [5.41, 5.74) is 7.73. The van der Waals surface area contributed by atoms with Gasteiger partial charge < -0.3 is 15.5 Å². The molecule has 0 aliphatic rings. The van der Waals surface area contributed by atoms with E-state index in [4.69, 9.17) is 10.5 Å². The maximum absolute atomic E-state index is 5.51. The van der Waals surface area contributed by atoms with Gasteiger partial charge in [0.05, 0.1) is 12.8 Å². The van der Waals surface area contributed by atoms with Crippen LogP contribution in [0.5, 0.6) is 5.75 Å². The fraction of sp³-hybridized carbons (Fsp3) is 0.250. The van der Waals surface area contributed by atoms with E-state index in [1.807, 2.05) is 31.2 Å². The van der Waals surface area contributed by atoms with Crippen LogP contribution in [0.3, 0.4) is 0 Å². The molecule has 0 aliphatic carbocycles. The van der Waals surface area contributed by atoms with Gasteiger partial charge in [0.2, 0.25) is 0 Å². The summed E-state index contributed by atoms with van der Waals surface area (Å²) in [6, 6.07) is 8.03. The predicted octanol–water partition coefficient (Wildman–Crippen LogP) is 1.98. The summed E-state index contributed by atoms with van der Waals surface area (Å²) >= 11 is 0. The molecule has 0 saturated heterocycles. The maximum Gasteiger partial charge on any atom is 0.197 e. The van der Waals surface area contributed by atoms with Gasteiger partial charge in [0.25, 0.3) is 0 Å². The third-order valence-corrected chi connectivity index (χ3v) is 2.28. The number of nitrogens with two attached hydrogens (primary N) is 1. The van der Waals surface area contributed by atoms with Gasteiger partial charge in [0.1, 0.15) is 5.75 Å². The molecule has 0 unspecified atom stereocenters. The Kier molecular flexibility index (Phi) is 3.10. The molecule has 3 N–H and O–H groups in total. The lowest BCUT2D eigenvalue weighted by Gasteiger charge is -2.03. The summed E-state index contributed by atoms with van der Waals surface area (Å²) in [4.78, 5) is 6.96. The molecule has 4 heteroatoms. The molecule has 0 spiro atoms. The van der Waals surface area contributed by atoms with Crippen LogP contribution in [0, 0.1) is 0 Å². The lowest BCUT2D eigenvalue weighted by Crippen LogP contribution is -1.93. The van der Waals surface area contributed by atoms with Crippen molar-refractivity contribution in [3.63, 3.8) is 0 Å². The van der Waals surface area contributed by atoms with Crippen LogP contribution < -0.4 is 10.5 Å². The average Bonchev–Trinajstić information content (AvgIpc) is 2.67. The summed E-state index contributed by atoms with van der Waals surface area (Å²) in [6.45, 7) is 2.66. The molecule has 2 rings (SSSR count). The summed E-state index contributed by atoms with van der Waals surface area (Å²) in [6.07, 6.45) is 2.56. The monoisotopic (exact) mass is 217 g/mol. The van der Waals surface area contributed by atoms with E-state index in [9.17, 15) is 0 Å². The molecule has 4 nitrogen and oxygen atoms in total. The second-order valence-electron chi connectivity index (χ2n) is 3.55. The first-order valence-corrected chi connectivity index (χ1v) is 5.29. The molecule has 0 atom stereocenters. The van der Waals surface area contributed by atoms with E-state index in [0.717, 1.165) is 17.9 Å². The molecule has 0 amide bonds. The van der Waals surface area contributed by atoms with Gasteiger partial charge in [-0.2, -0.15) is 0 Å². The number of aromatic nitrogens is 2. The van der Waals surface area contributed by atoms with Crippen molar-refractivity contribution < 1.29 is 4.74 Å². The standard InChI is InChI=1S/C12H15N3O/c1-2-16-11-5-3-9(4-6-11)7-10-8-14-12(13)15-10/h3-6,8H,2,7H2,1H3,(H3,13,14,15). The van der Waals surface area contributed by atoms with Crippen molar-refractivity contribution in [3.05, 3.63) is 41.7 Å². The number of H-pyrrole nitrogens is 1. The van der Waals surface area contributed by atoms with Crippen molar-refractivity contribution in [2.45, 2.75) is 13.3 Å². The van der Waals surface area contributed by atoms with Crippen molar-refractivity contribution in [3.8, 4) is 5.75 Å². The largest absolute Gasteiger partial charge is 0.494 e. The first-order chi connectivity index (χ1) is 7.78. The van der Waals surface area contributed by atoms with Crippen LogP contribution in [-0.2, 0) is 6.42 Å². The van der Waals surface area contributed by atoms with Gasteiger partial charge in [0.15, 0.2) is 5.95 Å².